The van der Waals surface area contributed by atoms with Crippen LogP contribution in [0.4, 0.5) is 0 Å². The van der Waals surface area contributed by atoms with E-state index in [1.807, 2.05) is 0 Å². The Labute approximate surface area is 81.7 Å². The molecule has 0 aromatic carbocycles. The van der Waals surface area contributed by atoms with E-state index in [1.165, 1.54) is 25.8 Å². The molecule has 1 fully saturated rings. The molecule has 0 aromatic heterocycles. The summed E-state index contributed by atoms with van der Waals surface area (Å²) in [6, 6.07) is 0.882. The molecule has 0 heterocycles. The number of hydrogen-bond donors (Lipinski definition) is 1. The molecule has 0 atom stereocenters. The van der Waals surface area contributed by atoms with Gasteiger partial charge in [-0.15, -0.1) is 6.42 Å². The molecule has 1 N–H and O–H groups in total. The van der Waals surface area contributed by atoms with Gasteiger partial charge < -0.3 is 5.32 Å². The van der Waals surface area contributed by atoms with Crippen LogP contribution in [0.25, 0.3) is 0 Å². The predicted octanol–water partition coefficient (Wildman–Crippen LogP) is 1.08. The van der Waals surface area contributed by atoms with Crippen molar-refractivity contribution in [3.8, 4) is 12.3 Å². The number of nitrogens with zero attached hydrogens (tertiary/aromatic N) is 1. The molecule has 1 saturated carbocycles. The summed E-state index contributed by atoms with van der Waals surface area (Å²) >= 11 is 0. The van der Waals surface area contributed by atoms with E-state index in [4.69, 9.17) is 6.42 Å². The van der Waals surface area contributed by atoms with Crippen molar-refractivity contribution in [2.24, 2.45) is 0 Å². The first-order valence-electron chi connectivity index (χ1n) is 5.26. The fourth-order valence-corrected chi connectivity index (χ4v) is 1.59. The highest BCUT2D eigenvalue weighted by atomic mass is 15.2. The lowest BCUT2D eigenvalue weighted by atomic mass is 10.4. The van der Waals surface area contributed by atoms with Gasteiger partial charge in [0.15, 0.2) is 0 Å². The van der Waals surface area contributed by atoms with Crippen LogP contribution >= 0.6 is 0 Å². The van der Waals surface area contributed by atoms with Crippen LogP contribution in [-0.2, 0) is 0 Å². The average molecular weight is 180 g/mol. The maximum Gasteiger partial charge on any atom is 0.0574 e. The topological polar surface area (TPSA) is 15.3 Å². The molecule has 1 aliphatic carbocycles. The van der Waals surface area contributed by atoms with E-state index >= 15 is 0 Å². The Balaban J connectivity index is 2.04. The van der Waals surface area contributed by atoms with E-state index in [1.54, 1.807) is 0 Å². The average Bonchev–Trinajstić information content (AvgIpc) is 2.93. The highest BCUT2D eigenvalue weighted by Crippen LogP contribution is 2.26. The quantitative estimate of drug-likeness (QED) is 0.466. The molecule has 0 saturated heterocycles. The Morgan fingerprint density at radius 3 is 2.77 bits per heavy atom. The molecule has 1 rings (SSSR count). The van der Waals surface area contributed by atoms with Crippen molar-refractivity contribution < 1.29 is 0 Å². The van der Waals surface area contributed by atoms with Crippen molar-refractivity contribution in [3.05, 3.63) is 0 Å². The molecule has 1 aliphatic rings. The van der Waals surface area contributed by atoms with Gasteiger partial charge in [-0.3, -0.25) is 4.90 Å². The zero-order valence-electron chi connectivity index (χ0n) is 8.55. The monoisotopic (exact) mass is 180 g/mol. The van der Waals surface area contributed by atoms with Crippen LogP contribution < -0.4 is 5.32 Å². The smallest absolute Gasteiger partial charge is 0.0574 e. The van der Waals surface area contributed by atoms with Crippen molar-refractivity contribution in [2.75, 3.05) is 26.2 Å². The second kappa shape index (κ2) is 6.01. The van der Waals surface area contributed by atoms with Gasteiger partial charge >= 0.3 is 0 Å². The third kappa shape index (κ3) is 4.31. The first kappa shape index (κ1) is 10.6. The molecular formula is C11H20N2. The van der Waals surface area contributed by atoms with E-state index in [9.17, 15) is 0 Å². The van der Waals surface area contributed by atoms with Gasteiger partial charge in [-0.1, -0.05) is 12.8 Å². The van der Waals surface area contributed by atoms with Crippen LogP contribution in [-0.4, -0.2) is 37.1 Å². The molecule has 74 valence electrons. The summed E-state index contributed by atoms with van der Waals surface area (Å²) in [6.45, 7) is 6.36. The Morgan fingerprint density at radius 1 is 1.46 bits per heavy atom. The lowest BCUT2D eigenvalue weighted by Crippen LogP contribution is -2.34. The number of rotatable bonds is 7. The fraction of sp³-hybridized carbons (Fsp3) is 0.818. The van der Waals surface area contributed by atoms with E-state index in [2.05, 4.69) is 23.1 Å². The molecule has 0 aromatic rings. The third-order valence-corrected chi connectivity index (χ3v) is 2.38. The van der Waals surface area contributed by atoms with Crippen molar-refractivity contribution in [3.63, 3.8) is 0 Å². The van der Waals surface area contributed by atoms with Crippen LogP contribution in [0.2, 0.25) is 0 Å². The largest absolute Gasteiger partial charge is 0.305 e. The normalized spacial score (nSPS) is 16.1. The van der Waals surface area contributed by atoms with Crippen LogP contribution in [0.5, 0.6) is 0 Å². The van der Waals surface area contributed by atoms with Crippen molar-refractivity contribution in [1.29, 1.82) is 0 Å². The Kier molecular flexibility index (Phi) is 4.88. The molecule has 2 nitrogen and oxygen atoms in total. The summed E-state index contributed by atoms with van der Waals surface area (Å²) in [5.74, 6) is 2.59. The fourth-order valence-electron chi connectivity index (χ4n) is 1.59. The van der Waals surface area contributed by atoms with Gasteiger partial charge in [0.25, 0.3) is 0 Å². The Morgan fingerprint density at radius 2 is 2.23 bits per heavy atom. The summed E-state index contributed by atoms with van der Waals surface area (Å²) in [5.41, 5.74) is 0. The second-order valence-electron chi connectivity index (χ2n) is 3.65. The zero-order valence-corrected chi connectivity index (χ0v) is 8.55. The summed E-state index contributed by atoms with van der Waals surface area (Å²) in [4.78, 5) is 2.57. The van der Waals surface area contributed by atoms with Gasteiger partial charge in [-0.25, -0.2) is 0 Å². The van der Waals surface area contributed by atoms with Crippen LogP contribution in [0.1, 0.15) is 26.2 Å². The lowest BCUT2D eigenvalue weighted by molar-refractivity contribution is 0.265. The van der Waals surface area contributed by atoms with Crippen molar-refractivity contribution >= 4 is 0 Å². The SMILES string of the molecule is C#CCNCCN(CCC)C1CC1. The first-order chi connectivity index (χ1) is 6.38. The molecule has 0 spiro atoms. The van der Waals surface area contributed by atoms with E-state index in [0.29, 0.717) is 6.54 Å². The molecule has 13 heavy (non-hydrogen) atoms. The molecule has 0 aliphatic heterocycles. The van der Waals surface area contributed by atoms with Gasteiger partial charge in [-0.2, -0.15) is 0 Å². The summed E-state index contributed by atoms with van der Waals surface area (Å²) in [6.07, 6.45) is 9.20. The first-order valence-corrected chi connectivity index (χ1v) is 5.26. The van der Waals surface area contributed by atoms with Crippen molar-refractivity contribution in [2.45, 2.75) is 32.2 Å². The van der Waals surface area contributed by atoms with E-state index < -0.39 is 0 Å². The standard InChI is InChI=1S/C11H20N2/c1-3-7-12-8-10-13(9-4-2)11-5-6-11/h1,11-12H,4-10H2,2H3. The third-order valence-electron chi connectivity index (χ3n) is 2.38. The maximum atomic E-state index is 5.15. The van der Waals surface area contributed by atoms with Gasteiger partial charge in [0, 0.05) is 19.1 Å². The molecule has 0 amide bonds. The zero-order chi connectivity index (χ0) is 9.52. The molecule has 2 heteroatoms. The minimum absolute atomic E-state index is 0.699. The lowest BCUT2D eigenvalue weighted by Gasteiger charge is -2.20. The Bertz CT molecular complexity index is 167. The summed E-state index contributed by atoms with van der Waals surface area (Å²) in [5, 5.41) is 3.23. The van der Waals surface area contributed by atoms with E-state index in [0.717, 1.165) is 19.1 Å². The highest BCUT2D eigenvalue weighted by Gasteiger charge is 2.27. The van der Waals surface area contributed by atoms with Gasteiger partial charge in [-0.05, 0) is 25.8 Å². The van der Waals surface area contributed by atoms with Gasteiger partial charge in [0.1, 0.15) is 0 Å². The van der Waals surface area contributed by atoms with Crippen LogP contribution in [0.15, 0.2) is 0 Å². The molecular weight excluding hydrogens is 160 g/mol. The van der Waals surface area contributed by atoms with Gasteiger partial charge in [0.2, 0.25) is 0 Å². The van der Waals surface area contributed by atoms with Crippen LogP contribution in [0.3, 0.4) is 0 Å². The van der Waals surface area contributed by atoms with Crippen LogP contribution in [0, 0.1) is 12.3 Å². The Hall–Kier alpha value is -0.520. The minimum Gasteiger partial charge on any atom is -0.305 e. The molecule has 0 radical (unpaired) electrons. The van der Waals surface area contributed by atoms with Gasteiger partial charge in [0.05, 0.1) is 6.54 Å². The molecule has 0 unspecified atom stereocenters. The predicted molar refractivity (Wildman–Crippen MR) is 56.6 cm³/mol. The second-order valence-corrected chi connectivity index (χ2v) is 3.65. The van der Waals surface area contributed by atoms with E-state index in [-0.39, 0.29) is 0 Å². The summed E-state index contributed by atoms with van der Waals surface area (Å²) in [7, 11) is 0. The number of nitrogens with one attached hydrogen (secondary N) is 1. The summed E-state index contributed by atoms with van der Waals surface area (Å²) < 4.78 is 0. The van der Waals surface area contributed by atoms with Crippen molar-refractivity contribution in [1.82, 2.24) is 10.2 Å². The maximum absolute atomic E-state index is 5.15. The number of terminal acetylenes is 1. The molecule has 0 bridgehead atoms. The minimum atomic E-state index is 0.699. The number of hydrogen-bond acceptors (Lipinski definition) is 2. The highest BCUT2D eigenvalue weighted by molar-refractivity contribution is 4.87.